The van der Waals surface area contributed by atoms with Crippen molar-refractivity contribution < 1.29 is 8.78 Å². The molecule has 94 valence electrons. The summed E-state index contributed by atoms with van der Waals surface area (Å²) >= 11 is 0. The van der Waals surface area contributed by atoms with Gasteiger partial charge in [-0.2, -0.15) is 0 Å². The van der Waals surface area contributed by atoms with Crippen LogP contribution in [-0.2, 0) is 6.54 Å². The highest BCUT2D eigenvalue weighted by Gasteiger charge is 2.06. The van der Waals surface area contributed by atoms with Crippen molar-refractivity contribution in [3.05, 3.63) is 65.5 Å². The van der Waals surface area contributed by atoms with E-state index in [2.05, 4.69) is 10.3 Å². The molecule has 0 aliphatic heterocycles. The summed E-state index contributed by atoms with van der Waals surface area (Å²) in [6.07, 6.45) is 1.72. The van der Waals surface area contributed by atoms with Crippen molar-refractivity contribution in [2.75, 3.05) is 0 Å². The number of hydrogen-bond acceptors (Lipinski definition) is 2. The summed E-state index contributed by atoms with van der Waals surface area (Å²) in [7, 11) is 0. The zero-order valence-electron chi connectivity index (χ0n) is 10.0. The van der Waals surface area contributed by atoms with Gasteiger partial charge in [0.1, 0.15) is 11.6 Å². The Kier molecular flexibility index (Phi) is 3.99. The summed E-state index contributed by atoms with van der Waals surface area (Å²) < 4.78 is 26.0. The van der Waals surface area contributed by atoms with Crippen molar-refractivity contribution >= 4 is 0 Å². The number of halogens is 2. The van der Waals surface area contributed by atoms with E-state index in [1.807, 2.05) is 25.1 Å². The van der Waals surface area contributed by atoms with Crippen molar-refractivity contribution in [3.63, 3.8) is 0 Å². The Morgan fingerprint density at radius 2 is 1.89 bits per heavy atom. The molecular weight excluding hydrogens is 234 g/mol. The monoisotopic (exact) mass is 248 g/mol. The van der Waals surface area contributed by atoms with Crippen LogP contribution in [0.25, 0.3) is 0 Å². The molecule has 0 unspecified atom stereocenters. The molecule has 1 heterocycles. The number of hydrogen-bond donors (Lipinski definition) is 1. The molecule has 0 saturated carbocycles. The third-order valence-electron chi connectivity index (χ3n) is 2.67. The van der Waals surface area contributed by atoms with Crippen molar-refractivity contribution in [1.82, 2.24) is 10.3 Å². The molecule has 0 fully saturated rings. The van der Waals surface area contributed by atoms with Gasteiger partial charge in [-0.15, -0.1) is 0 Å². The lowest BCUT2D eigenvalue weighted by Gasteiger charge is -2.13. The number of benzene rings is 1. The molecule has 2 rings (SSSR count). The lowest BCUT2D eigenvalue weighted by atomic mass is 10.1. The fourth-order valence-corrected chi connectivity index (χ4v) is 1.72. The number of rotatable bonds is 4. The smallest absolute Gasteiger partial charge is 0.126 e. The Balaban J connectivity index is 1.99. The normalized spacial score (nSPS) is 12.4. The van der Waals surface area contributed by atoms with Crippen LogP contribution < -0.4 is 5.32 Å². The Labute approximate surface area is 105 Å². The molecule has 1 aromatic heterocycles. The molecule has 1 aromatic carbocycles. The van der Waals surface area contributed by atoms with E-state index in [4.69, 9.17) is 0 Å². The number of nitrogens with zero attached hydrogens (tertiary/aromatic N) is 1. The van der Waals surface area contributed by atoms with Crippen LogP contribution in [0, 0.1) is 11.6 Å². The number of aromatic nitrogens is 1. The van der Waals surface area contributed by atoms with Gasteiger partial charge in [-0.1, -0.05) is 6.07 Å². The SMILES string of the molecule is C[C@H](NCc1cc(F)cc(F)c1)c1ccccn1. The second kappa shape index (κ2) is 5.69. The molecule has 0 aliphatic carbocycles. The fourth-order valence-electron chi connectivity index (χ4n) is 1.72. The zero-order chi connectivity index (χ0) is 13.0. The van der Waals surface area contributed by atoms with Crippen molar-refractivity contribution in [1.29, 1.82) is 0 Å². The molecule has 4 heteroatoms. The molecule has 0 saturated heterocycles. The Morgan fingerprint density at radius 1 is 1.17 bits per heavy atom. The molecule has 0 amide bonds. The second-order valence-corrected chi connectivity index (χ2v) is 4.13. The van der Waals surface area contributed by atoms with Gasteiger partial charge in [-0.25, -0.2) is 8.78 Å². The second-order valence-electron chi connectivity index (χ2n) is 4.13. The zero-order valence-corrected chi connectivity index (χ0v) is 10.0. The first-order chi connectivity index (χ1) is 8.65. The Hall–Kier alpha value is -1.81. The summed E-state index contributed by atoms with van der Waals surface area (Å²) in [5.41, 5.74) is 1.48. The van der Waals surface area contributed by atoms with Gasteiger partial charge in [-0.05, 0) is 36.8 Å². The van der Waals surface area contributed by atoms with Gasteiger partial charge in [0.2, 0.25) is 0 Å². The summed E-state index contributed by atoms with van der Waals surface area (Å²) in [4.78, 5) is 4.22. The van der Waals surface area contributed by atoms with E-state index in [-0.39, 0.29) is 6.04 Å². The van der Waals surface area contributed by atoms with Gasteiger partial charge in [0.15, 0.2) is 0 Å². The van der Waals surface area contributed by atoms with Gasteiger partial charge >= 0.3 is 0 Å². The first kappa shape index (κ1) is 12.6. The third-order valence-corrected chi connectivity index (χ3v) is 2.67. The first-order valence-electron chi connectivity index (χ1n) is 5.74. The lowest BCUT2D eigenvalue weighted by molar-refractivity contribution is 0.547. The number of nitrogens with one attached hydrogen (secondary N) is 1. The Bertz CT molecular complexity index is 494. The van der Waals surface area contributed by atoms with E-state index < -0.39 is 11.6 Å². The fraction of sp³-hybridized carbons (Fsp3) is 0.214. The van der Waals surface area contributed by atoms with Crippen LogP contribution in [0.1, 0.15) is 24.2 Å². The van der Waals surface area contributed by atoms with Crippen LogP contribution in [0.3, 0.4) is 0 Å². The first-order valence-corrected chi connectivity index (χ1v) is 5.74. The quantitative estimate of drug-likeness (QED) is 0.898. The molecular formula is C14H14F2N2. The average molecular weight is 248 g/mol. The van der Waals surface area contributed by atoms with E-state index in [0.717, 1.165) is 11.8 Å². The molecule has 0 aliphatic rings. The van der Waals surface area contributed by atoms with E-state index in [0.29, 0.717) is 12.1 Å². The van der Waals surface area contributed by atoms with Gasteiger partial charge in [0, 0.05) is 24.8 Å². The van der Waals surface area contributed by atoms with E-state index in [9.17, 15) is 8.78 Å². The predicted molar refractivity (Wildman–Crippen MR) is 65.8 cm³/mol. The van der Waals surface area contributed by atoms with Crippen LogP contribution in [-0.4, -0.2) is 4.98 Å². The summed E-state index contributed by atoms with van der Waals surface area (Å²) in [6.45, 7) is 2.35. The van der Waals surface area contributed by atoms with Crippen LogP contribution in [0.2, 0.25) is 0 Å². The van der Waals surface area contributed by atoms with Crippen LogP contribution >= 0.6 is 0 Å². The van der Waals surface area contributed by atoms with Crippen LogP contribution in [0.15, 0.2) is 42.6 Å². The predicted octanol–water partition coefficient (Wildman–Crippen LogP) is 3.21. The van der Waals surface area contributed by atoms with Crippen molar-refractivity contribution in [2.24, 2.45) is 0 Å². The molecule has 2 aromatic rings. The van der Waals surface area contributed by atoms with Gasteiger partial charge in [0.05, 0.1) is 5.69 Å². The van der Waals surface area contributed by atoms with Crippen molar-refractivity contribution in [3.8, 4) is 0 Å². The minimum atomic E-state index is -0.558. The Morgan fingerprint density at radius 3 is 2.50 bits per heavy atom. The van der Waals surface area contributed by atoms with E-state index >= 15 is 0 Å². The van der Waals surface area contributed by atoms with E-state index in [1.54, 1.807) is 6.20 Å². The van der Waals surface area contributed by atoms with Gasteiger partial charge in [-0.3, -0.25) is 4.98 Å². The highest BCUT2D eigenvalue weighted by atomic mass is 19.1. The maximum absolute atomic E-state index is 13.0. The van der Waals surface area contributed by atoms with Crippen molar-refractivity contribution in [2.45, 2.75) is 19.5 Å². The number of pyridine rings is 1. The molecule has 0 radical (unpaired) electrons. The average Bonchev–Trinajstić information content (AvgIpc) is 2.36. The third kappa shape index (κ3) is 3.34. The van der Waals surface area contributed by atoms with Gasteiger partial charge < -0.3 is 5.32 Å². The minimum absolute atomic E-state index is 0.0255. The largest absolute Gasteiger partial charge is 0.305 e. The lowest BCUT2D eigenvalue weighted by Crippen LogP contribution is -2.19. The summed E-state index contributed by atoms with van der Waals surface area (Å²) in [6, 6.07) is 9.19. The standard InChI is InChI=1S/C14H14F2N2/c1-10(14-4-2-3-5-17-14)18-9-11-6-12(15)8-13(16)7-11/h2-8,10,18H,9H2,1H3/t10-/m0/s1. The molecule has 1 atom stereocenters. The molecule has 18 heavy (non-hydrogen) atoms. The topological polar surface area (TPSA) is 24.9 Å². The molecule has 0 spiro atoms. The molecule has 2 nitrogen and oxygen atoms in total. The van der Waals surface area contributed by atoms with Crippen LogP contribution in [0.4, 0.5) is 8.78 Å². The highest BCUT2D eigenvalue weighted by Crippen LogP contribution is 2.11. The minimum Gasteiger partial charge on any atom is -0.305 e. The van der Waals surface area contributed by atoms with Crippen LogP contribution in [0.5, 0.6) is 0 Å². The highest BCUT2D eigenvalue weighted by molar-refractivity contribution is 5.18. The molecule has 0 bridgehead atoms. The maximum atomic E-state index is 13.0. The maximum Gasteiger partial charge on any atom is 0.126 e. The van der Waals surface area contributed by atoms with E-state index in [1.165, 1.54) is 12.1 Å². The summed E-state index contributed by atoms with van der Waals surface area (Å²) in [5.74, 6) is -1.12. The summed E-state index contributed by atoms with van der Waals surface area (Å²) in [5, 5.41) is 3.17. The molecule has 1 N–H and O–H groups in total. The van der Waals surface area contributed by atoms with Gasteiger partial charge in [0.25, 0.3) is 0 Å².